The molecule has 0 aliphatic carbocycles. The summed E-state index contributed by atoms with van der Waals surface area (Å²) in [7, 11) is 1.78. The molecule has 0 unspecified atom stereocenters. The second kappa shape index (κ2) is 6.07. The normalized spacial score (nSPS) is 12.0. The predicted molar refractivity (Wildman–Crippen MR) is 98.6 cm³/mol. The van der Waals surface area contributed by atoms with Crippen molar-refractivity contribution in [3.05, 3.63) is 48.2 Å². The van der Waals surface area contributed by atoms with E-state index in [0.717, 1.165) is 27.7 Å². The van der Waals surface area contributed by atoms with E-state index in [1.807, 2.05) is 26.0 Å². The summed E-state index contributed by atoms with van der Waals surface area (Å²) in [5.41, 5.74) is 4.76. The highest BCUT2D eigenvalue weighted by Crippen LogP contribution is 2.31. The van der Waals surface area contributed by atoms with Crippen molar-refractivity contribution in [1.29, 1.82) is 0 Å². The average Bonchev–Trinajstić information content (AvgIpc) is 3.16. The summed E-state index contributed by atoms with van der Waals surface area (Å²) in [4.78, 5) is 20.1. The van der Waals surface area contributed by atoms with E-state index >= 15 is 0 Å². The first-order chi connectivity index (χ1) is 12.5. The minimum Gasteiger partial charge on any atom is -0.494 e. The largest absolute Gasteiger partial charge is 0.494 e. The van der Waals surface area contributed by atoms with Crippen LogP contribution in [-0.4, -0.2) is 40.5 Å². The zero-order valence-electron chi connectivity index (χ0n) is 14.6. The van der Waals surface area contributed by atoms with Gasteiger partial charge in [-0.1, -0.05) is 0 Å². The summed E-state index contributed by atoms with van der Waals surface area (Å²) in [5.74, 6) is 0.384. The predicted octanol–water partition coefficient (Wildman–Crippen LogP) is 2.91. The van der Waals surface area contributed by atoms with Crippen molar-refractivity contribution < 1.29 is 5.11 Å². The lowest BCUT2D eigenvalue weighted by Crippen LogP contribution is -1.95. The number of hydrogen-bond donors (Lipinski definition) is 2. The van der Waals surface area contributed by atoms with Crippen molar-refractivity contribution in [2.45, 2.75) is 13.8 Å². The molecule has 0 spiro atoms. The third kappa shape index (κ3) is 2.71. The molecule has 0 bridgehead atoms. The molecule has 0 fully saturated rings. The second-order valence-corrected chi connectivity index (χ2v) is 6.07. The van der Waals surface area contributed by atoms with E-state index in [1.54, 1.807) is 36.6 Å². The number of fused-ring (bicyclic) bond motifs is 1. The number of aromatic hydroxyl groups is 1. The first-order valence-corrected chi connectivity index (χ1v) is 8.06. The number of aromatic nitrogens is 6. The van der Waals surface area contributed by atoms with Crippen LogP contribution in [0.1, 0.15) is 18.1 Å². The maximum absolute atomic E-state index is 10.4. The summed E-state index contributed by atoms with van der Waals surface area (Å²) >= 11 is 0. The van der Waals surface area contributed by atoms with Gasteiger partial charge in [-0.15, -0.1) is 5.10 Å². The van der Waals surface area contributed by atoms with Crippen molar-refractivity contribution in [2.24, 2.45) is 12.0 Å². The highest BCUT2D eigenvalue weighted by molar-refractivity contribution is 6.12. The zero-order valence-corrected chi connectivity index (χ0v) is 14.6. The Bertz CT molecular complexity index is 1140. The smallest absolute Gasteiger partial charge is 0.268 e. The quantitative estimate of drug-likeness (QED) is 0.554. The fourth-order valence-electron chi connectivity index (χ4n) is 2.91. The van der Waals surface area contributed by atoms with Gasteiger partial charge in [-0.25, -0.2) is 4.99 Å². The second-order valence-electron chi connectivity index (χ2n) is 6.07. The minimum atomic E-state index is 0.0408. The van der Waals surface area contributed by atoms with Gasteiger partial charge < -0.3 is 10.1 Å². The summed E-state index contributed by atoms with van der Waals surface area (Å²) in [6, 6.07) is 3.87. The van der Waals surface area contributed by atoms with E-state index in [-0.39, 0.29) is 5.88 Å². The van der Waals surface area contributed by atoms with Gasteiger partial charge in [0.15, 0.2) is 5.88 Å². The Morgan fingerprint density at radius 3 is 2.85 bits per heavy atom. The molecule has 0 radical (unpaired) electrons. The number of nitrogens with one attached hydrogen (secondary N) is 1. The first kappa shape index (κ1) is 15.9. The van der Waals surface area contributed by atoms with E-state index in [4.69, 9.17) is 0 Å². The van der Waals surface area contributed by atoms with Gasteiger partial charge in [-0.3, -0.25) is 14.6 Å². The highest BCUT2D eigenvalue weighted by atomic mass is 16.3. The van der Waals surface area contributed by atoms with Crippen molar-refractivity contribution in [3.63, 3.8) is 0 Å². The number of H-pyrrole nitrogens is 1. The molecule has 8 nitrogen and oxygen atoms in total. The number of aliphatic imine (C=N–C) groups is 1. The topological polar surface area (TPSA) is 105 Å². The Hall–Kier alpha value is -3.55. The van der Waals surface area contributed by atoms with Crippen LogP contribution >= 0.6 is 0 Å². The van der Waals surface area contributed by atoms with E-state index in [0.29, 0.717) is 17.2 Å². The Labute approximate surface area is 149 Å². The molecule has 8 heteroatoms. The number of hydrogen-bond acceptors (Lipinski definition) is 6. The highest BCUT2D eigenvalue weighted by Gasteiger charge is 2.16. The van der Waals surface area contributed by atoms with Crippen molar-refractivity contribution in [2.75, 3.05) is 0 Å². The lowest BCUT2D eigenvalue weighted by Gasteiger charge is -2.05. The molecule has 0 atom stereocenters. The van der Waals surface area contributed by atoms with Gasteiger partial charge in [0.1, 0.15) is 6.33 Å². The van der Waals surface area contributed by atoms with Gasteiger partial charge in [-0.05, 0) is 31.5 Å². The summed E-state index contributed by atoms with van der Waals surface area (Å²) in [6.45, 7) is 3.83. The van der Waals surface area contributed by atoms with Gasteiger partial charge in [0, 0.05) is 30.4 Å². The Morgan fingerprint density at radius 2 is 2.12 bits per heavy atom. The van der Waals surface area contributed by atoms with Crippen LogP contribution in [0, 0.1) is 6.92 Å². The lowest BCUT2D eigenvalue weighted by molar-refractivity contribution is 0.457. The maximum Gasteiger partial charge on any atom is 0.268 e. The van der Waals surface area contributed by atoms with Crippen LogP contribution in [0.25, 0.3) is 22.2 Å². The molecule has 0 aliphatic heterocycles. The standard InChI is InChI=1S/C18H17N7O/c1-10-4-5-19-7-13(10)14-6-12-15(8-20-14)23-17(26)16(12)11(2)22-18-21-9-25(3)24-18/h4-9,23,26H,1-3H3/b22-11+. The minimum absolute atomic E-state index is 0.0408. The van der Waals surface area contributed by atoms with Gasteiger partial charge in [0.25, 0.3) is 5.95 Å². The van der Waals surface area contributed by atoms with Gasteiger partial charge in [-0.2, -0.15) is 4.98 Å². The molecule has 26 heavy (non-hydrogen) atoms. The molecule has 4 aromatic rings. The summed E-state index contributed by atoms with van der Waals surface area (Å²) in [5, 5.41) is 15.4. The average molecular weight is 347 g/mol. The van der Waals surface area contributed by atoms with E-state index in [2.05, 4.69) is 30.0 Å². The molecule has 0 amide bonds. The fourth-order valence-corrected chi connectivity index (χ4v) is 2.91. The molecular formula is C18H17N7O. The SMILES string of the molecule is C/C(=N\c1ncn(C)n1)c1c(O)[nH]c2cnc(-c3cnccc3C)cc12. The van der Waals surface area contributed by atoms with Crippen LogP contribution in [0.2, 0.25) is 0 Å². The van der Waals surface area contributed by atoms with Gasteiger partial charge in [0.05, 0.1) is 28.7 Å². The van der Waals surface area contributed by atoms with E-state index < -0.39 is 0 Å². The summed E-state index contributed by atoms with van der Waals surface area (Å²) in [6.07, 6.45) is 6.82. The number of aryl methyl sites for hydroxylation is 2. The number of rotatable bonds is 3. The van der Waals surface area contributed by atoms with Crippen molar-refractivity contribution >= 4 is 22.6 Å². The molecule has 4 aromatic heterocycles. The van der Waals surface area contributed by atoms with Crippen LogP contribution in [0.4, 0.5) is 5.95 Å². The zero-order chi connectivity index (χ0) is 18.3. The first-order valence-electron chi connectivity index (χ1n) is 8.06. The molecule has 130 valence electrons. The fraction of sp³-hybridized carbons (Fsp3) is 0.167. The molecular weight excluding hydrogens is 330 g/mol. The molecule has 0 aliphatic rings. The number of nitrogens with zero attached hydrogens (tertiary/aromatic N) is 6. The van der Waals surface area contributed by atoms with Gasteiger partial charge in [0.2, 0.25) is 0 Å². The number of pyridine rings is 2. The Balaban J connectivity index is 1.87. The van der Waals surface area contributed by atoms with E-state index in [1.165, 1.54) is 0 Å². The van der Waals surface area contributed by atoms with E-state index in [9.17, 15) is 5.11 Å². The van der Waals surface area contributed by atoms with Crippen LogP contribution in [0.3, 0.4) is 0 Å². The Morgan fingerprint density at radius 1 is 1.27 bits per heavy atom. The molecule has 0 aromatic carbocycles. The third-order valence-corrected chi connectivity index (χ3v) is 4.20. The van der Waals surface area contributed by atoms with Crippen LogP contribution in [0.15, 0.2) is 42.0 Å². The van der Waals surface area contributed by atoms with Crippen LogP contribution < -0.4 is 0 Å². The molecule has 4 rings (SSSR count). The maximum atomic E-state index is 10.4. The van der Waals surface area contributed by atoms with Crippen molar-refractivity contribution in [3.8, 4) is 17.1 Å². The Kier molecular flexibility index (Phi) is 3.72. The third-order valence-electron chi connectivity index (χ3n) is 4.20. The van der Waals surface area contributed by atoms with Crippen LogP contribution in [-0.2, 0) is 7.05 Å². The molecule has 0 saturated heterocycles. The molecule has 0 saturated carbocycles. The van der Waals surface area contributed by atoms with Gasteiger partial charge >= 0.3 is 0 Å². The summed E-state index contributed by atoms with van der Waals surface area (Å²) < 4.78 is 1.58. The monoisotopic (exact) mass is 347 g/mol. The molecule has 4 heterocycles. The van der Waals surface area contributed by atoms with Crippen LogP contribution in [0.5, 0.6) is 5.88 Å². The molecule has 2 N–H and O–H groups in total. The lowest BCUT2D eigenvalue weighted by atomic mass is 10.0. The number of aromatic amines is 1. The van der Waals surface area contributed by atoms with Crippen molar-refractivity contribution in [1.82, 2.24) is 29.7 Å².